The Bertz CT molecular complexity index is 253. The van der Waals surface area contributed by atoms with E-state index in [4.69, 9.17) is 4.74 Å². The monoisotopic (exact) mass is 182 g/mol. The van der Waals surface area contributed by atoms with Crippen LogP contribution in [0.2, 0.25) is 0 Å². The molecule has 0 N–H and O–H groups in total. The van der Waals surface area contributed by atoms with Gasteiger partial charge in [0.2, 0.25) is 0 Å². The molecule has 13 heavy (non-hydrogen) atoms. The van der Waals surface area contributed by atoms with Crippen molar-refractivity contribution in [2.24, 2.45) is 5.41 Å². The predicted octanol–water partition coefficient (Wildman–Crippen LogP) is 2.69. The summed E-state index contributed by atoms with van der Waals surface area (Å²) in [5.74, 6) is -0.0654. The van der Waals surface area contributed by atoms with E-state index in [0.29, 0.717) is 6.61 Å². The first-order valence-corrected chi connectivity index (χ1v) is 4.86. The van der Waals surface area contributed by atoms with Crippen LogP contribution in [0.5, 0.6) is 0 Å². The predicted molar refractivity (Wildman–Crippen MR) is 52.3 cm³/mol. The molecule has 0 aromatic carbocycles. The molecule has 0 fully saturated rings. The summed E-state index contributed by atoms with van der Waals surface area (Å²) >= 11 is 0. The van der Waals surface area contributed by atoms with E-state index in [2.05, 4.69) is 6.92 Å². The number of rotatable bonds is 2. The lowest BCUT2D eigenvalue weighted by Crippen LogP contribution is -2.28. The summed E-state index contributed by atoms with van der Waals surface area (Å²) in [5, 5.41) is 0. The van der Waals surface area contributed by atoms with Crippen LogP contribution in [0.1, 0.15) is 40.5 Å². The summed E-state index contributed by atoms with van der Waals surface area (Å²) < 4.78 is 5.07. The lowest BCUT2D eigenvalue weighted by molar-refractivity contribution is -0.152. The van der Waals surface area contributed by atoms with E-state index in [-0.39, 0.29) is 11.4 Å². The summed E-state index contributed by atoms with van der Waals surface area (Å²) in [4.78, 5) is 11.7. The molecule has 2 heteroatoms. The zero-order valence-electron chi connectivity index (χ0n) is 8.94. The number of esters is 1. The van der Waals surface area contributed by atoms with Crippen molar-refractivity contribution in [3.63, 3.8) is 0 Å². The minimum absolute atomic E-state index is 0.0654. The van der Waals surface area contributed by atoms with Gasteiger partial charge in [-0.05, 0) is 40.5 Å². The fourth-order valence-electron chi connectivity index (χ4n) is 1.83. The van der Waals surface area contributed by atoms with Gasteiger partial charge in [-0.15, -0.1) is 0 Å². The zero-order valence-corrected chi connectivity index (χ0v) is 8.94. The fourth-order valence-corrected chi connectivity index (χ4v) is 1.83. The average Bonchev–Trinajstić information content (AvgIpc) is 2.35. The van der Waals surface area contributed by atoms with Gasteiger partial charge in [-0.25, -0.2) is 0 Å². The lowest BCUT2D eigenvalue weighted by Gasteiger charge is -2.23. The van der Waals surface area contributed by atoms with Crippen LogP contribution in [0.3, 0.4) is 0 Å². The third kappa shape index (κ3) is 1.62. The van der Waals surface area contributed by atoms with E-state index in [0.717, 1.165) is 12.8 Å². The molecule has 0 radical (unpaired) electrons. The fraction of sp³-hybridized carbons (Fsp3) is 0.727. The van der Waals surface area contributed by atoms with Gasteiger partial charge in [0, 0.05) is 0 Å². The Hall–Kier alpha value is -0.790. The van der Waals surface area contributed by atoms with E-state index < -0.39 is 0 Å². The molecule has 0 heterocycles. The first-order chi connectivity index (χ1) is 6.02. The van der Waals surface area contributed by atoms with Gasteiger partial charge in [-0.3, -0.25) is 4.79 Å². The molecule has 1 aliphatic rings. The number of carbonyl (C=O) groups excluding carboxylic acids is 1. The maximum Gasteiger partial charge on any atom is 0.315 e. The molecule has 0 aromatic rings. The molecule has 1 aliphatic carbocycles. The Morgan fingerprint density at radius 1 is 1.54 bits per heavy atom. The van der Waals surface area contributed by atoms with Crippen LogP contribution in [0.15, 0.2) is 11.1 Å². The minimum Gasteiger partial charge on any atom is -0.465 e. The van der Waals surface area contributed by atoms with Crippen LogP contribution < -0.4 is 0 Å². The Kier molecular flexibility index (Phi) is 2.79. The molecule has 1 rings (SSSR count). The highest BCUT2D eigenvalue weighted by Crippen LogP contribution is 2.43. The number of ether oxygens (including phenoxy) is 1. The van der Waals surface area contributed by atoms with Crippen molar-refractivity contribution in [1.82, 2.24) is 0 Å². The van der Waals surface area contributed by atoms with Crippen LogP contribution in [0, 0.1) is 5.41 Å². The number of hydrogen-bond donors (Lipinski definition) is 0. The van der Waals surface area contributed by atoms with Gasteiger partial charge in [-0.1, -0.05) is 11.1 Å². The molecule has 0 aliphatic heterocycles. The highest BCUT2D eigenvalue weighted by molar-refractivity contribution is 5.81. The molecule has 0 spiro atoms. The molecule has 1 unspecified atom stereocenters. The lowest BCUT2D eigenvalue weighted by atomic mass is 9.84. The van der Waals surface area contributed by atoms with Gasteiger partial charge in [0.15, 0.2) is 0 Å². The van der Waals surface area contributed by atoms with Gasteiger partial charge in [0.1, 0.15) is 0 Å². The highest BCUT2D eigenvalue weighted by Gasteiger charge is 2.40. The third-order valence-electron chi connectivity index (χ3n) is 3.19. The van der Waals surface area contributed by atoms with Crippen molar-refractivity contribution in [2.45, 2.75) is 40.5 Å². The maximum atomic E-state index is 11.7. The number of carbonyl (C=O) groups is 1. The Morgan fingerprint density at radius 2 is 2.15 bits per heavy atom. The summed E-state index contributed by atoms with van der Waals surface area (Å²) in [6.45, 7) is 8.44. The molecule has 2 nitrogen and oxygen atoms in total. The Morgan fingerprint density at radius 3 is 2.54 bits per heavy atom. The van der Waals surface area contributed by atoms with Crippen LogP contribution in [-0.4, -0.2) is 12.6 Å². The van der Waals surface area contributed by atoms with Gasteiger partial charge >= 0.3 is 5.97 Å². The van der Waals surface area contributed by atoms with Crippen LogP contribution in [0.4, 0.5) is 0 Å². The standard InChI is InChI=1S/C11H18O2/c1-5-13-10(12)11(4)7-6-8(2)9(11)3/h5-7H2,1-4H3. The molecule has 0 saturated heterocycles. The quantitative estimate of drug-likeness (QED) is 0.485. The second-order valence-corrected chi connectivity index (χ2v) is 3.96. The average molecular weight is 182 g/mol. The molecule has 1 atom stereocenters. The third-order valence-corrected chi connectivity index (χ3v) is 3.19. The second kappa shape index (κ2) is 3.52. The topological polar surface area (TPSA) is 26.3 Å². The van der Waals surface area contributed by atoms with E-state index in [1.807, 2.05) is 20.8 Å². The van der Waals surface area contributed by atoms with E-state index in [9.17, 15) is 4.79 Å². The first kappa shape index (κ1) is 10.3. The number of allylic oxidation sites excluding steroid dienone is 1. The summed E-state index contributed by atoms with van der Waals surface area (Å²) in [6, 6.07) is 0. The largest absolute Gasteiger partial charge is 0.465 e. The molecule has 0 saturated carbocycles. The SMILES string of the molecule is CCOC(=O)C1(C)CCC(C)=C1C. The van der Waals surface area contributed by atoms with Crippen LogP contribution in [-0.2, 0) is 9.53 Å². The van der Waals surface area contributed by atoms with E-state index >= 15 is 0 Å². The smallest absolute Gasteiger partial charge is 0.315 e. The van der Waals surface area contributed by atoms with Crippen molar-refractivity contribution in [3.05, 3.63) is 11.1 Å². The van der Waals surface area contributed by atoms with Crippen molar-refractivity contribution in [3.8, 4) is 0 Å². The Labute approximate surface area is 80.0 Å². The second-order valence-electron chi connectivity index (χ2n) is 3.96. The summed E-state index contributed by atoms with van der Waals surface area (Å²) in [7, 11) is 0. The summed E-state index contributed by atoms with van der Waals surface area (Å²) in [6.07, 6.45) is 1.94. The number of hydrogen-bond acceptors (Lipinski definition) is 2. The molecule has 74 valence electrons. The van der Waals surface area contributed by atoms with Crippen LogP contribution in [0.25, 0.3) is 0 Å². The van der Waals surface area contributed by atoms with Gasteiger partial charge in [0.05, 0.1) is 12.0 Å². The molecule has 0 amide bonds. The van der Waals surface area contributed by atoms with Crippen molar-refractivity contribution >= 4 is 5.97 Å². The maximum absolute atomic E-state index is 11.7. The van der Waals surface area contributed by atoms with Crippen molar-refractivity contribution in [1.29, 1.82) is 0 Å². The van der Waals surface area contributed by atoms with E-state index in [1.54, 1.807) is 0 Å². The van der Waals surface area contributed by atoms with E-state index in [1.165, 1.54) is 11.1 Å². The minimum atomic E-state index is -0.347. The highest BCUT2D eigenvalue weighted by atomic mass is 16.5. The van der Waals surface area contributed by atoms with Crippen molar-refractivity contribution in [2.75, 3.05) is 6.61 Å². The Balaban J connectivity index is 2.84. The summed E-state index contributed by atoms with van der Waals surface area (Å²) in [5.41, 5.74) is 2.20. The molecular weight excluding hydrogens is 164 g/mol. The van der Waals surface area contributed by atoms with Crippen molar-refractivity contribution < 1.29 is 9.53 Å². The van der Waals surface area contributed by atoms with Gasteiger partial charge in [-0.2, -0.15) is 0 Å². The first-order valence-electron chi connectivity index (χ1n) is 4.86. The molecule has 0 bridgehead atoms. The molecule has 0 aromatic heterocycles. The molecular formula is C11H18O2. The normalized spacial score (nSPS) is 28.0. The van der Waals surface area contributed by atoms with Crippen LogP contribution >= 0.6 is 0 Å². The van der Waals surface area contributed by atoms with Gasteiger partial charge in [0.25, 0.3) is 0 Å². The van der Waals surface area contributed by atoms with Gasteiger partial charge < -0.3 is 4.74 Å². The zero-order chi connectivity index (χ0) is 10.1.